The van der Waals surface area contributed by atoms with Gasteiger partial charge in [0.05, 0.1) is 19.0 Å². The third-order valence-electron chi connectivity index (χ3n) is 3.03. The van der Waals surface area contributed by atoms with Gasteiger partial charge in [0.1, 0.15) is 11.6 Å². The largest absolute Gasteiger partial charge is 0.497 e. The van der Waals surface area contributed by atoms with Crippen LogP contribution < -0.4 is 10.5 Å². The predicted molar refractivity (Wildman–Crippen MR) is 72.4 cm³/mol. The molecule has 19 heavy (non-hydrogen) atoms. The Morgan fingerprint density at radius 2 is 1.95 bits per heavy atom. The van der Waals surface area contributed by atoms with Crippen molar-refractivity contribution in [1.82, 2.24) is 4.98 Å². The molecule has 2 N–H and O–H groups in total. The molecule has 1 heterocycles. The van der Waals surface area contributed by atoms with Gasteiger partial charge >= 0.3 is 0 Å². The van der Waals surface area contributed by atoms with Crippen LogP contribution >= 0.6 is 0 Å². The van der Waals surface area contributed by atoms with Gasteiger partial charge in [-0.05, 0) is 42.7 Å². The lowest BCUT2D eigenvalue weighted by Crippen LogP contribution is -2.13. The molecule has 100 valence electrons. The summed E-state index contributed by atoms with van der Waals surface area (Å²) in [7, 11) is 1.64. The van der Waals surface area contributed by atoms with E-state index in [4.69, 9.17) is 10.5 Å². The lowest BCUT2D eigenvalue weighted by atomic mass is 10.0. The van der Waals surface area contributed by atoms with Crippen molar-refractivity contribution in [3.05, 3.63) is 59.7 Å². The molecule has 0 spiro atoms. The summed E-state index contributed by atoms with van der Waals surface area (Å²) < 4.78 is 17.9. The van der Waals surface area contributed by atoms with Crippen molar-refractivity contribution in [2.45, 2.75) is 18.9 Å². The van der Waals surface area contributed by atoms with Crippen LogP contribution in [0.15, 0.2) is 42.6 Å². The van der Waals surface area contributed by atoms with Gasteiger partial charge in [-0.1, -0.05) is 12.1 Å². The van der Waals surface area contributed by atoms with Crippen LogP contribution in [0.5, 0.6) is 5.75 Å². The number of nitrogens with two attached hydrogens (primary N) is 1. The van der Waals surface area contributed by atoms with Crippen LogP contribution in [0.25, 0.3) is 0 Å². The lowest BCUT2D eigenvalue weighted by molar-refractivity contribution is 0.414. The molecule has 0 bridgehead atoms. The molecular weight excluding hydrogens is 243 g/mol. The maximum Gasteiger partial charge on any atom is 0.141 e. The zero-order valence-corrected chi connectivity index (χ0v) is 10.8. The summed E-state index contributed by atoms with van der Waals surface area (Å²) in [6.45, 7) is 0. The molecule has 0 saturated heterocycles. The van der Waals surface area contributed by atoms with E-state index in [1.165, 1.54) is 17.8 Å². The average Bonchev–Trinajstić information content (AvgIpc) is 2.46. The summed E-state index contributed by atoms with van der Waals surface area (Å²) in [5, 5.41) is 0. The third kappa shape index (κ3) is 3.76. The lowest BCUT2D eigenvalue weighted by Gasteiger charge is -2.11. The van der Waals surface area contributed by atoms with E-state index in [0.29, 0.717) is 0 Å². The molecule has 0 aliphatic heterocycles. The van der Waals surface area contributed by atoms with Crippen LogP contribution in [0.2, 0.25) is 0 Å². The molecule has 0 aliphatic rings. The first kappa shape index (κ1) is 13.5. The van der Waals surface area contributed by atoms with Crippen LogP contribution in [0, 0.1) is 5.82 Å². The van der Waals surface area contributed by atoms with Crippen molar-refractivity contribution in [3.63, 3.8) is 0 Å². The average molecular weight is 260 g/mol. The summed E-state index contributed by atoms with van der Waals surface area (Å²) >= 11 is 0. The van der Waals surface area contributed by atoms with E-state index >= 15 is 0 Å². The second-order valence-corrected chi connectivity index (χ2v) is 4.39. The maximum atomic E-state index is 12.8. The molecule has 0 aliphatic carbocycles. The quantitative estimate of drug-likeness (QED) is 0.899. The van der Waals surface area contributed by atoms with E-state index in [9.17, 15) is 4.39 Å². The number of nitrogens with zero attached hydrogens (tertiary/aromatic N) is 1. The predicted octanol–water partition coefficient (Wildman–Crippen LogP) is 2.86. The van der Waals surface area contributed by atoms with E-state index in [1.54, 1.807) is 13.2 Å². The molecule has 4 heteroatoms. The fourth-order valence-corrected chi connectivity index (χ4v) is 1.87. The Morgan fingerprint density at radius 3 is 2.53 bits per heavy atom. The van der Waals surface area contributed by atoms with E-state index in [0.717, 1.165) is 24.3 Å². The first-order valence-electron chi connectivity index (χ1n) is 6.19. The number of hydrogen-bond donors (Lipinski definition) is 1. The van der Waals surface area contributed by atoms with Crippen molar-refractivity contribution in [2.75, 3.05) is 7.11 Å². The van der Waals surface area contributed by atoms with Crippen LogP contribution in [-0.2, 0) is 6.42 Å². The number of ether oxygens (including phenoxy) is 1. The summed E-state index contributed by atoms with van der Waals surface area (Å²) in [5.41, 5.74) is 7.95. The summed E-state index contributed by atoms with van der Waals surface area (Å²) in [6.07, 6.45) is 2.82. The zero-order chi connectivity index (χ0) is 13.7. The molecule has 0 amide bonds. The van der Waals surface area contributed by atoms with Crippen LogP contribution in [-0.4, -0.2) is 12.1 Å². The zero-order valence-electron chi connectivity index (χ0n) is 10.8. The highest BCUT2D eigenvalue weighted by atomic mass is 19.1. The van der Waals surface area contributed by atoms with Gasteiger partial charge < -0.3 is 10.5 Å². The maximum absolute atomic E-state index is 12.8. The highest BCUT2D eigenvalue weighted by Crippen LogP contribution is 2.17. The first-order chi connectivity index (χ1) is 9.19. The molecule has 1 aromatic carbocycles. The van der Waals surface area contributed by atoms with Gasteiger partial charge in [-0.25, -0.2) is 4.39 Å². The molecule has 3 nitrogen and oxygen atoms in total. The first-order valence-corrected chi connectivity index (χ1v) is 6.19. The summed E-state index contributed by atoms with van der Waals surface area (Å²) in [6, 6.07) is 10.7. The number of rotatable bonds is 5. The Hall–Kier alpha value is -1.94. The van der Waals surface area contributed by atoms with Gasteiger partial charge in [-0.3, -0.25) is 4.98 Å². The van der Waals surface area contributed by atoms with Crippen LogP contribution in [0.3, 0.4) is 0 Å². The number of aryl methyl sites for hydroxylation is 1. The Balaban J connectivity index is 1.92. The smallest absolute Gasteiger partial charge is 0.141 e. The van der Waals surface area contributed by atoms with E-state index in [2.05, 4.69) is 4.98 Å². The number of hydrogen-bond acceptors (Lipinski definition) is 3. The van der Waals surface area contributed by atoms with Crippen LogP contribution in [0.1, 0.15) is 23.7 Å². The third-order valence-corrected chi connectivity index (χ3v) is 3.03. The SMILES string of the molecule is COc1ccc(CCC(N)c2ccc(F)cn2)cc1. The van der Waals surface area contributed by atoms with Crippen LogP contribution in [0.4, 0.5) is 4.39 Å². The fourth-order valence-electron chi connectivity index (χ4n) is 1.87. The second-order valence-electron chi connectivity index (χ2n) is 4.39. The molecule has 0 fully saturated rings. The highest BCUT2D eigenvalue weighted by Gasteiger charge is 2.08. The van der Waals surface area contributed by atoms with E-state index < -0.39 is 0 Å². The Kier molecular flexibility index (Phi) is 4.47. The molecule has 1 atom stereocenters. The summed E-state index contributed by atoms with van der Waals surface area (Å²) in [4.78, 5) is 4.00. The van der Waals surface area contributed by atoms with Crippen molar-refractivity contribution < 1.29 is 9.13 Å². The minimum atomic E-state index is -0.342. The number of aromatic nitrogens is 1. The minimum Gasteiger partial charge on any atom is -0.497 e. The highest BCUT2D eigenvalue weighted by molar-refractivity contribution is 5.27. The fraction of sp³-hybridized carbons (Fsp3) is 0.267. The standard InChI is InChI=1S/C15H17FN2O/c1-19-13-6-2-11(3-7-13)4-8-14(17)15-9-5-12(16)10-18-15/h2-3,5-7,9-10,14H,4,8,17H2,1H3. The van der Waals surface area contributed by atoms with Crippen molar-refractivity contribution in [1.29, 1.82) is 0 Å². The van der Waals surface area contributed by atoms with Gasteiger partial charge in [-0.15, -0.1) is 0 Å². The minimum absolute atomic E-state index is 0.178. The molecule has 1 unspecified atom stereocenters. The Bertz CT molecular complexity index is 511. The van der Waals surface area contributed by atoms with Crippen molar-refractivity contribution >= 4 is 0 Å². The van der Waals surface area contributed by atoms with Crippen molar-refractivity contribution in [3.8, 4) is 5.75 Å². The Morgan fingerprint density at radius 1 is 1.21 bits per heavy atom. The molecular formula is C15H17FN2O. The summed E-state index contributed by atoms with van der Waals surface area (Å²) in [5.74, 6) is 0.499. The van der Waals surface area contributed by atoms with Gasteiger partial charge in [0.15, 0.2) is 0 Å². The molecule has 2 rings (SSSR count). The van der Waals surface area contributed by atoms with Gasteiger partial charge in [0.25, 0.3) is 0 Å². The monoisotopic (exact) mass is 260 g/mol. The van der Waals surface area contributed by atoms with E-state index in [-0.39, 0.29) is 11.9 Å². The van der Waals surface area contributed by atoms with E-state index in [1.807, 2.05) is 24.3 Å². The topological polar surface area (TPSA) is 48.1 Å². The number of benzene rings is 1. The van der Waals surface area contributed by atoms with Gasteiger partial charge in [0, 0.05) is 6.04 Å². The number of pyridine rings is 1. The molecule has 1 aromatic heterocycles. The van der Waals surface area contributed by atoms with Crippen molar-refractivity contribution in [2.24, 2.45) is 5.73 Å². The normalized spacial score (nSPS) is 12.2. The molecule has 2 aromatic rings. The molecule has 0 radical (unpaired) electrons. The number of halogens is 1. The second kappa shape index (κ2) is 6.29. The Labute approximate surface area is 112 Å². The molecule has 0 saturated carbocycles. The van der Waals surface area contributed by atoms with Gasteiger partial charge in [-0.2, -0.15) is 0 Å². The number of methoxy groups -OCH3 is 1. The van der Waals surface area contributed by atoms with Gasteiger partial charge in [0.2, 0.25) is 0 Å².